The van der Waals surface area contributed by atoms with Gasteiger partial charge in [-0.3, -0.25) is 0 Å². The van der Waals surface area contributed by atoms with E-state index >= 15 is 0 Å². The summed E-state index contributed by atoms with van der Waals surface area (Å²) < 4.78 is 22.0. The van der Waals surface area contributed by atoms with Crippen molar-refractivity contribution in [3.05, 3.63) is 24.3 Å². The van der Waals surface area contributed by atoms with Crippen molar-refractivity contribution in [3.63, 3.8) is 0 Å². The van der Waals surface area contributed by atoms with Crippen LogP contribution in [0.25, 0.3) is 0 Å². The van der Waals surface area contributed by atoms with Crippen LogP contribution in [0, 0.1) is 0 Å². The maximum Gasteiger partial charge on any atom is 0.264 e. The van der Waals surface area contributed by atoms with Crippen molar-refractivity contribution in [2.75, 3.05) is 5.73 Å². The van der Waals surface area contributed by atoms with E-state index in [1.54, 1.807) is 6.07 Å². The normalized spacial score (nSPS) is 11.4. The highest BCUT2D eigenvalue weighted by Gasteiger charge is 2.14. The molecule has 0 spiro atoms. The lowest BCUT2D eigenvalue weighted by molar-refractivity contribution is 0.242. The van der Waals surface area contributed by atoms with E-state index in [9.17, 15) is 8.42 Å². The van der Waals surface area contributed by atoms with Crippen LogP contribution in [0.15, 0.2) is 29.2 Å². The second kappa shape index (κ2) is 3.10. The van der Waals surface area contributed by atoms with Crippen molar-refractivity contribution in [1.82, 2.24) is 4.89 Å². The Balaban J connectivity index is 3.30. The minimum absolute atomic E-state index is 0.0963. The topological polar surface area (TPSA) is 92.4 Å². The predicted molar refractivity (Wildman–Crippen MR) is 43.0 cm³/mol. The van der Waals surface area contributed by atoms with Crippen molar-refractivity contribution in [1.29, 1.82) is 0 Å². The van der Waals surface area contributed by atoms with Gasteiger partial charge in [-0.15, -0.1) is 0 Å². The van der Waals surface area contributed by atoms with Crippen molar-refractivity contribution >= 4 is 15.7 Å². The molecule has 0 bridgehead atoms. The number of para-hydroxylation sites is 1. The molecule has 0 saturated carbocycles. The van der Waals surface area contributed by atoms with Crippen LogP contribution in [-0.2, 0) is 10.0 Å². The summed E-state index contributed by atoms with van der Waals surface area (Å²) >= 11 is 0. The highest BCUT2D eigenvalue weighted by molar-refractivity contribution is 7.89. The second-order valence-electron chi connectivity index (χ2n) is 2.13. The van der Waals surface area contributed by atoms with Crippen molar-refractivity contribution in [2.45, 2.75) is 4.90 Å². The second-order valence-corrected chi connectivity index (χ2v) is 3.76. The number of hydrogen-bond acceptors (Lipinski definition) is 4. The molecule has 1 aromatic rings. The number of sulfonamides is 1. The molecular weight excluding hydrogens is 180 g/mol. The molecule has 0 unspecified atom stereocenters. The molecule has 12 heavy (non-hydrogen) atoms. The summed E-state index contributed by atoms with van der Waals surface area (Å²) in [5.74, 6) is 0. The molecule has 5 nitrogen and oxygen atoms in total. The summed E-state index contributed by atoms with van der Waals surface area (Å²) in [7, 11) is -3.85. The molecule has 0 atom stereocenters. The number of nitrogen functional groups attached to an aromatic ring is 1. The van der Waals surface area contributed by atoms with Crippen LogP contribution < -0.4 is 10.6 Å². The summed E-state index contributed by atoms with van der Waals surface area (Å²) in [4.78, 5) is 1.06. The van der Waals surface area contributed by atoms with Crippen molar-refractivity contribution in [3.8, 4) is 0 Å². The smallest absolute Gasteiger partial charge is 0.264 e. The number of hydrogen-bond donors (Lipinski definition) is 3. The van der Waals surface area contributed by atoms with Crippen LogP contribution in [-0.4, -0.2) is 13.6 Å². The van der Waals surface area contributed by atoms with E-state index in [-0.39, 0.29) is 10.6 Å². The van der Waals surface area contributed by atoms with E-state index in [1.165, 1.54) is 23.1 Å². The Labute approximate surface area is 69.8 Å². The first kappa shape index (κ1) is 8.98. The molecule has 0 radical (unpaired) electrons. The molecule has 0 amide bonds. The third-order valence-electron chi connectivity index (χ3n) is 1.33. The van der Waals surface area contributed by atoms with Crippen LogP contribution in [0.5, 0.6) is 0 Å². The quantitative estimate of drug-likeness (QED) is 0.447. The Morgan fingerprint density at radius 1 is 1.33 bits per heavy atom. The molecule has 6 heteroatoms. The number of nitrogens with two attached hydrogens (primary N) is 1. The van der Waals surface area contributed by atoms with Gasteiger partial charge in [0, 0.05) is 0 Å². The Bertz CT molecular complexity index is 374. The summed E-state index contributed by atoms with van der Waals surface area (Å²) in [5.41, 5.74) is 5.45. The monoisotopic (exact) mass is 188 g/mol. The van der Waals surface area contributed by atoms with Gasteiger partial charge in [0.15, 0.2) is 0 Å². The van der Waals surface area contributed by atoms with E-state index in [4.69, 9.17) is 10.9 Å². The predicted octanol–water partition coefficient (Wildman–Crippen LogP) is -0.0637. The first-order chi connectivity index (χ1) is 5.58. The first-order valence-electron chi connectivity index (χ1n) is 3.08. The maximum absolute atomic E-state index is 11.0. The third kappa shape index (κ3) is 1.55. The van der Waals surface area contributed by atoms with Crippen LogP contribution >= 0.6 is 0 Å². The van der Waals surface area contributed by atoms with E-state index in [2.05, 4.69) is 0 Å². The van der Waals surface area contributed by atoms with Gasteiger partial charge in [0.25, 0.3) is 10.0 Å². The lowest BCUT2D eigenvalue weighted by Crippen LogP contribution is -2.20. The number of benzene rings is 1. The van der Waals surface area contributed by atoms with Crippen molar-refractivity contribution < 1.29 is 13.6 Å². The fraction of sp³-hybridized carbons (Fsp3) is 0. The molecule has 0 fully saturated rings. The number of anilines is 1. The molecule has 0 heterocycles. The Morgan fingerprint density at radius 2 is 1.92 bits per heavy atom. The molecule has 0 aliphatic carbocycles. The molecular formula is C6H8N2O3S. The Hall–Kier alpha value is -1.11. The van der Waals surface area contributed by atoms with Crippen molar-refractivity contribution in [2.24, 2.45) is 0 Å². The fourth-order valence-electron chi connectivity index (χ4n) is 0.774. The van der Waals surface area contributed by atoms with E-state index < -0.39 is 10.0 Å². The van der Waals surface area contributed by atoms with Gasteiger partial charge in [0.05, 0.1) is 5.69 Å². The molecule has 1 rings (SSSR count). The van der Waals surface area contributed by atoms with Crippen LogP contribution in [0.2, 0.25) is 0 Å². The zero-order valence-corrected chi connectivity index (χ0v) is 6.88. The van der Waals surface area contributed by atoms with Gasteiger partial charge in [-0.25, -0.2) is 8.42 Å². The lowest BCUT2D eigenvalue weighted by Gasteiger charge is -2.03. The highest BCUT2D eigenvalue weighted by atomic mass is 32.2. The zero-order chi connectivity index (χ0) is 9.19. The molecule has 66 valence electrons. The van der Waals surface area contributed by atoms with Crippen LogP contribution in [0.4, 0.5) is 5.69 Å². The fourth-order valence-corrected chi connectivity index (χ4v) is 1.51. The first-order valence-corrected chi connectivity index (χ1v) is 4.56. The molecule has 1 aromatic carbocycles. The van der Waals surface area contributed by atoms with Gasteiger partial charge in [-0.2, -0.15) is 0 Å². The molecule has 0 aliphatic rings. The van der Waals surface area contributed by atoms with Gasteiger partial charge in [0.2, 0.25) is 0 Å². The number of rotatable bonds is 2. The van der Waals surface area contributed by atoms with E-state index in [0.717, 1.165) is 0 Å². The largest absolute Gasteiger partial charge is 0.398 e. The summed E-state index contributed by atoms with van der Waals surface area (Å²) in [6, 6.07) is 5.85. The van der Waals surface area contributed by atoms with Gasteiger partial charge in [-0.1, -0.05) is 17.0 Å². The third-order valence-corrected chi connectivity index (χ3v) is 2.52. The summed E-state index contributed by atoms with van der Waals surface area (Å²) in [5, 5.41) is 8.28. The molecule has 4 N–H and O–H groups in total. The standard InChI is InChI=1S/C6H8N2O3S/c7-5-3-1-2-4-6(5)12(10,11)8-9/h1-4,8-9H,7H2. The van der Waals surface area contributed by atoms with Gasteiger partial charge < -0.3 is 10.9 Å². The minimum atomic E-state index is -3.85. The lowest BCUT2D eigenvalue weighted by atomic mass is 10.3. The van der Waals surface area contributed by atoms with Crippen LogP contribution in [0.3, 0.4) is 0 Å². The molecule has 0 aromatic heterocycles. The summed E-state index contributed by atoms with van der Waals surface area (Å²) in [6.45, 7) is 0. The Morgan fingerprint density at radius 3 is 2.42 bits per heavy atom. The molecule has 0 aliphatic heterocycles. The molecule has 0 saturated heterocycles. The van der Waals surface area contributed by atoms with Gasteiger partial charge in [0.1, 0.15) is 4.90 Å². The number of nitrogens with one attached hydrogen (secondary N) is 1. The van der Waals surface area contributed by atoms with Gasteiger partial charge >= 0.3 is 0 Å². The van der Waals surface area contributed by atoms with E-state index in [1.807, 2.05) is 0 Å². The average molecular weight is 188 g/mol. The van der Waals surface area contributed by atoms with Gasteiger partial charge in [-0.05, 0) is 12.1 Å². The average Bonchev–Trinajstić information content (AvgIpc) is 2.05. The zero-order valence-electron chi connectivity index (χ0n) is 6.06. The Kier molecular flexibility index (Phi) is 2.32. The highest BCUT2D eigenvalue weighted by Crippen LogP contribution is 2.15. The minimum Gasteiger partial charge on any atom is -0.398 e. The van der Waals surface area contributed by atoms with E-state index in [0.29, 0.717) is 0 Å². The maximum atomic E-state index is 11.0. The summed E-state index contributed by atoms with van der Waals surface area (Å²) in [6.07, 6.45) is 0. The SMILES string of the molecule is Nc1ccccc1S(=O)(=O)NO. The van der Waals surface area contributed by atoms with Crippen LogP contribution in [0.1, 0.15) is 0 Å².